The highest BCUT2D eigenvalue weighted by Crippen LogP contribution is 2.36. The Hall–Kier alpha value is -2.21. The van der Waals surface area contributed by atoms with Gasteiger partial charge in [0.25, 0.3) is 0 Å². The van der Waals surface area contributed by atoms with E-state index >= 15 is 0 Å². The van der Waals surface area contributed by atoms with Crippen LogP contribution in [0.5, 0.6) is 0 Å². The van der Waals surface area contributed by atoms with Crippen molar-refractivity contribution in [3.05, 3.63) is 71.8 Å². The minimum atomic E-state index is -0.358. The molecule has 2 aliphatic heterocycles. The first kappa shape index (κ1) is 17.2. The number of hydrogen-bond acceptors (Lipinski definition) is 5. The highest BCUT2D eigenvalue weighted by molar-refractivity contribution is 5.78. The molecule has 4 rings (SSSR count). The van der Waals surface area contributed by atoms with Crippen molar-refractivity contribution in [2.75, 3.05) is 6.61 Å². The molecule has 0 spiro atoms. The van der Waals surface area contributed by atoms with Gasteiger partial charge in [0.05, 0.1) is 31.8 Å². The molecule has 0 unspecified atom stereocenters. The molecule has 0 aromatic heterocycles. The quantitative estimate of drug-likeness (QED) is 0.748. The Morgan fingerprint density at radius 2 is 1.73 bits per heavy atom. The molecular formula is C21H23NO4. The summed E-state index contributed by atoms with van der Waals surface area (Å²) in [6, 6.07) is 19.7. The molecule has 0 N–H and O–H groups in total. The van der Waals surface area contributed by atoms with Crippen molar-refractivity contribution in [1.29, 1.82) is 0 Å². The Morgan fingerprint density at radius 3 is 2.42 bits per heavy atom. The van der Waals surface area contributed by atoms with Gasteiger partial charge >= 0.3 is 5.97 Å². The van der Waals surface area contributed by atoms with Gasteiger partial charge in [-0.1, -0.05) is 60.7 Å². The lowest BCUT2D eigenvalue weighted by molar-refractivity contribution is -0.208. The minimum absolute atomic E-state index is 0.00279. The zero-order valence-corrected chi connectivity index (χ0v) is 14.8. The van der Waals surface area contributed by atoms with E-state index in [1.807, 2.05) is 67.6 Å². The van der Waals surface area contributed by atoms with Gasteiger partial charge in [-0.3, -0.25) is 9.63 Å². The van der Waals surface area contributed by atoms with Gasteiger partial charge in [0, 0.05) is 0 Å². The molecule has 26 heavy (non-hydrogen) atoms. The summed E-state index contributed by atoms with van der Waals surface area (Å²) >= 11 is 0. The molecular weight excluding hydrogens is 330 g/mol. The average molecular weight is 353 g/mol. The first-order chi connectivity index (χ1) is 12.7. The summed E-state index contributed by atoms with van der Waals surface area (Å²) in [7, 11) is 0. The molecule has 5 nitrogen and oxygen atoms in total. The summed E-state index contributed by atoms with van der Waals surface area (Å²) in [4.78, 5) is 18.4. The normalized spacial score (nSPS) is 26.5. The Labute approximate surface area is 153 Å². The van der Waals surface area contributed by atoms with Gasteiger partial charge in [-0.2, -0.15) is 5.06 Å². The first-order valence-corrected chi connectivity index (χ1v) is 9.02. The monoisotopic (exact) mass is 353 g/mol. The molecule has 2 aromatic rings. The van der Waals surface area contributed by atoms with Crippen molar-refractivity contribution >= 4 is 5.97 Å². The topological polar surface area (TPSA) is 48.0 Å². The predicted octanol–water partition coefficient (Wildman–Crippen LogP) is 2.95. The van der Waals surface area contributed by atoms with Crippen LogP contribution in [0.25, 0.3) is 0 Å². The number of rotatable bonds is 6. The molecule has 2 aromatic carbocycles. The number of fused-ring (bicyclic) bond motifs is 1. The number of carbonyl (C=O) groups excluding carboxylic acids is 1. The molecule has 0 bridgehead atoms. The van der Waals surface area contributed by atoms with E-state index < -0.39 is 0 Å². The molecule has 2 saturated heterocycles. The first-order valence-electron chi connectivity index (χ1n) is 9.02. The van der Waals surface area contributed by atoms with E-state index in [1.165, 1.54) is 0 Å². The van der Waals surface area contributed by atoms with Crippen LogP contribution < -0.4 is 0 Å². The summed E-state index contributed by atoms with van der Waals surface area (Å²) in [5.41, 5.74) is 2.22. The van der Waals surface area contributed by atoms with E-state index in [-0.39, 0.29) is 30.1 Å². The second kappa shape index (κ2) is 7.58. The lowest BCUT2D eigenvalue weighted by Crippen LogP contribution is -2.35. The number of hydrogen-bond donors (Lipinski definition) is 0. The van der Waals surface area contributed by atoms with E-state index in [0.717, 1.165) is 11.1 Å². The third-order valence-electron chi connectivity index (χ3n) is 5.05. The van der Waals surface area contributed by atoms with Crippen LogP contribution in [0.2, 0.25) is 0 Å². The van der Waals surface area contributed by atoms with Crippen LogP contribution >= 0.6 is 0 Å². The van der Waals surface area contributed by atoms with Crippen LogP contribution in [0.4, 0.5) is 0 Å². The molecule has 0 saturated carbocycles. The Bertz CT molecular complexity index is 736. The predicted molar refractivity (Wildman–Crippen MR) is 95.8 cm³/mol. The number of carbonyl (C=O) groups is 1. The minimum Gasteiger partial charge on any atom is -0.464 e. The zero-order chi connectivity index (χ0) is 17.9. The fourth-order valence-electron chi connectivity index (χ4n) is 3.66. The number of nitrogens with zero attached hydrogens (tertiary/aromatic N) is 1. The van der Waals surface area contributed by atoms with Crippen molar-refractivity contribution in [3.63, 3.8) is 0 Å². The molecule has 0 aliphatic carbocycles. The maximum Gasteiger partial charge on any atom is 0.326 e. The van der Waals surface area contributed by atoms with Gasteiger partial charge in [-0.05, 0) is 18.1 Å². The fraction of sp³-hybridized carbons (Fsp3) is 0.381. The van der Waals surface area contributed by atoms with E-state index in [1.54, 1.807) is 5.06 Å². The van der Waals surface area contributed by atoms with Crippen molar-refractivity contribution in [2.24, 2.45) is 5.92 Å². The summed E-state index contributed by atoms with van der Waals surface area (Å²) in [5, 5.41) is 1.77. The van der Waals surface area contributed by atoms with Gasteiger partial charge in [-0.25, -0.2) is 0 Å². The fourth-order valence-corrected chi connectivity index (χ4v) is 3.66. The van der Waals surface area contributed by atoms with E-state index in [9.17, 15) is 4.79 Å². The van der Waals surface area contributed by atoms with Crippen LogP contribution in [-0.2, 0) is 32.3 Å². The number of hydroxylamine groups is 2. The van der Waals surface area contributed by atoms with Crippen molar-refractivity contribution < 1.29 is 19.1 Å². The van der Waals surface area contributed by atoms with Crippen LogP contribution in [0.1, 0.15) is 18.1 Å². The van der Waals surface area contributed by atoms with E-state index in [4.69, 9.17) is 14.3 Å². The Kier molecular flexibility index (Phi) is 5.02. The van der Waals surface area contributed by atoms with Crippen LogP contribution in [0.15, 0.2) is 60.7 Å². The number of esters is 1. The number of benzene rings is 2. The Morgan fingerprint density at radius 1 is 1.08 bits per heavy atom. The van der Waals surface area contributed by atoms with Crippen LogP contribution in [-0.4, -0.2) is 35.9 Å². The van der Waals surface area contributed by atoms with Crippen LogP contribution in [0.3, 0.4) is 0 Å². The maximum absolute atomic E-state index is 12.2. The van der Waals surface area contributed by atoms with Crippen molar-refractivity contribution in [1.82, 2.24) is 5.06 Å². The van der Waals surface area contributed by atoms with Crippen molar-refractivity contribution in [3.8, 4) is 0 Å². The average Bonchev–Trinajstić information content (AvgIpc) is 3.23. The number of ether oxygens (including phenoxy) is 2. The zero-order valence-electron chi connectivity index (χ0n) is 14.8. The largest absolute Gasteiger partial charge is 0.464 e. The van der Waals surface area contributed by atoms with E-state index in [0.29, 0.717) is 19.8 Å². The van der Waals surface area contributed by atoms with E-state index in [2.05, 4.69) is 0 Å². The molecule has 5 heteroatoms. The highest BCUT2D eigenvalue weighted by Gasteiger charge is 2.54. The SMILES string of the molecule is C[C@H](OCc1ccccc1)[C@H]1ON(Cc2ccccc2)[C@@H]2C(=O)OC[C@@H]12. The van der Waals surface area contributed by atoms with Crippen molar-refractivity contribution in [2.45, 2.75) is 38.3 Å². The summed E-state index contributed by atoms with van der Waals surface area (Å²) < 4.78 is 11.4. The lowest BCUT2D eigenvalue weighted by Gasteiger charge is -2.24. The second-order valence-corrected chi connectivity index (χ2v) is 6.87. The van der Waals surface area contributed by atoms with Gasteiger partial charge in [0.1, 0.15) is 12.1 Å². The lowest BCUT2D eigenvalue weighted by atomic mass is 9.94. The number of cyclic esters (lactones) is 1. The molecule has 2 heterocycles. The van der Waals surface area contributed by atoms with Gasteiger partial charge in [-0.15, -0.1) is 0 Å². The Balaban J connectivity index is 1.44. The summed E-state index contributed by atoms with van der Waals surface area (Å²) in [6.07, 6.45) is -0.336. The molecule has 2 fully saturated rings. The van der Waals surface area contributed by atoms with Gasteiger partial charge in [0.2, 0.25) is 0 Å². The van der Waals surface area contributed by atoms with Gasteiger partial charge in [0.15, 0.2) is 0 Å². The highest BCUT2D eigenvalue weighted by atomic mass is 16.7. The standard InChI is InChI=1S/C21H23NO4/c1-15(24-13-17-10-6-3-7-11-17)20-18-14-25-21(23)19(18)22(26-20)12-16-8-4-2-5-9-16/h2-11,15,18-20H,12-14H2,1H3/t15-,18+,19-,20+/m0/s1. The molecule has 2 aliphatic rings. The third kappa shape index (κ3) is 3.51. The van der Waals surface area contributed by atoms with Crippen LogP contribution in [0, 0.1) is 5.92 Å². The summed E-state index contributed by atoms with van der Waals surface area (Å²) in [6.45, 7) is 3.46. The second-order valence-electron chi connectivity index (χ2n) is 6.87. The maximum atomic E-state index is 12.2. The molecule has 0 amide bonds. The summed E-state index contributed by atoms with van der Waals surface area (Å²) in [5.74, 6) is -0.208. The molecule has 4 atom stereocenters. The molecule has 136 valence electrons. The van der Waals surface area contributed by atoms with Gasteiger partial charge < -0.3 is 9.47 Å². The smallest absolute Gasteiger partial charge is 0.326 e. The molecule has 0 radical (unpaired) electrons. The third-order valence-corrected chi connectivity index (χ3v) is 5.05.